The topological polar surface area (TPSA) is 105 Å². The van der Waals surface area contributed by atoms with Crippen LogP contribution in [0.3, 0.4) is 0 Å². The minimum Gasteiger partial charge on any atom is -0.369 e. The molecule has 1 aliphatic carbocycles. The summed E-state index contributed by atoms with van der Waals surface area (Å²) in [6, 6.07) is 0.308. The average molecular weight is 336 g/mol. The summed E-state index contributed by atoms with van der Waals surface area (Å²) in [6.07, 6.45) is 4.73. The standard InChI is InChI=1S/C15H20N4O3S/c16-12(20)6-10-8-23-15(17-10)18-14(22)9-5-13(21)19(7-9)11-3-1-2-4-11/h8-9,11H,1-7H2,(H2,16,20)(H,17,18,22). The summed E-state index contributed by atoms with van der Waals surface area (Å²) in [5.41, 5.74) is 5.67. The van der Waals surface area contributed by atoms with Gasteiger partial charge in [0.05, 0.1) is 18.0 Å². The van der Waals surface area contributed by atoms with Gasteiger partial charge in [-0.1, -0.05) is 12.8 Å². The summed E-state index contributed by atoms with van der Waals surface area (Å²) < 4.78 is 0. The molecule has 1 saturated carbocycles. The number of hydrogen-bond donors (Lipinski definition) is 2. The van der Waals surface area contributed by atoms with Crippen molar-refractivity contribution in [3.63, 3.8) is 0 Å². The van der Waals surface area contributed by atoms with Crippen LogP contribution in [0.25, 0.3) is 0 Å². The third-order valence-electron chi connectivity index (χ3n) is 4.43. The summed E-state index contributed by atoms with van der Waals surface area (Å²) >= 11 is 1.26. The van der Waals surface area contributed by atoms with Gasteiger partial charge in [-0.3, -0.25) is 14.4 Å². The number of carbonyl (C=O) groups excluding carboxylic acids is 3. The number of thiazole rings is 1. The molecule has 3 amide bonds. The maximum Gasteiger partial charge on any atom is 0.231 e. The first-order valence-corrected chi connectivity index (χ1v) is 8.74. The van der Waals surface area contributed by atoms with Crippen LogP contribution in [0.2, 0.25) is 0 Å². The first-order valence-electron chi connectivity index (χ1n) is 7.86. The van der Waals surface area contributed by atoms with Crippen molar-refractivity contribution in [3.8, 4) is 0 Å². The minimum atomic E-state index is -0.457. The Bertz CT molecular complexity index is 624. The van der Waals surface area contributed by atoms with E-state index in [1.807, 2.05) is 4.90 Å². The Kier molecular flexibility index (Phi) is 4.61. The molecule has 1 saturated heterocycles. The lowest BCUT2D eigenvalue weighted by atomic mass is 10.1. The van der Waals surface area contributed by atoms with Gasteiger partial charge in [-0.2, -0.15) is 0 Å². The number of nitrogens with zero attached hydrogens (tertiary/aromatic N) is 2. The molecule has 1 unspecified atom stereocenters. The molecular weight excluding hydrogens is 316 g/mol. The lowest BCUT2D eigenvalue weighted by Gasteiger charge is -2.23. The molecule has 2 aliphatic rings. The Morgan fingerprint density at radius 3 is 2.83 bits per heavy atom. The van der Waals surface area contributed by atoms with Crippen molar-refractivity contribution in [2.75, 3.05) is 11.9 Å². The Morgan fingerprint density at radius 1 is 1.39 bits per heavy atom. The molecule has 0 radical (unpaired) electrons. The molecule has 1 aliphatic heterocycles. The van der Waals surface area contributed by atoms with Crippen molar-refractivity contribution in [2.45, 2.75) is 44.6 Å². The Morgan fingerprint density at radius 2 is 2.13 bits per heavy atom. The summed E-state index contributed by atoms with van der Waals surface area (Å²) in [5.74, 6) is -0.891. The van der Waals surface area contributed by atoms with Crippen LogP contribution < -0.4 is 11.1 Å². The van der Waals surface area contributed by atoms with Crippen LogP contribution >= 0.6 is 11.3 Å². The van der Waals surface area contributed by atoms with Gasteiger partial charge in [0.2, 0.25) is 17.7 Å². The summed E-state index contributed by atoms with van der Waals surface area (Å²) in [6.45, 7) is 0.495. The largest absolute Gasteiger partial charge is 0.369 e. The SMILES string of the molecule is NC(=O)Cc1csc(NC(=O)C2CC(=O)N(C3CCCC3)C2)n1. The highest BCUT2D eigenvalue weighted by Gasteiger charge is 2.38. The van der Waals surface area contributed by atoms with Gasteiger partial charge in [-0.05, 0) is 12.8 Å². The van der Waals surface area contributed by atoms with Crippen LogP contribution in [0.15, 0.2) is 5.38 Å². The van der Waals surface area contributed by atoms with Gasteiger partial charge < -0.3 is 16.0 Å². The number of nitrogens with two attached hydrogens (primary N) is 1. The third kappa shape index (κ3) is 3.69. The van der Waals surface area contributed by atoms with Crippen molar-refractivity contribution in [3.05, 3.63) is 11.1 Å². The highest BCUT2D eigenvalue weighted by molar-refractivity contribution is 7.13. The molecule has 8 heteroatoms. The molecular formula is C15H20N4O3S. The fraction of sp³-hybridized carbons (Fsp3) is 0.600. The molecule has 23 heavy (non-hydrogen) atoms. The normalized spacial score (nSPS) is 21.8. The van der Waals surface area contributed by atoms with Crippen LogP contribution in [-0.2, 0) is 20.8 Å². The van der Waals surface area contributed by atoms with E-state index in [9.17, 15) is 14.4 Å². The maximum atomic E-state index is 12.3. The predicted molar refractivity (Wildman–Crippen MR) is 85.7 cm³/mol. The predicted octanol–water partition coefficient (Wildman–Crippen LogP) is 0.900. The van der Waals surface area contributed by atoms with Gasteiger partial charge in [0.1, 0.15) is 0 Å². The number of likely N-dealkylation sites (tertiary alicyclic amines) is 1. The van der Waals surface area contributed by atoms with Crippen molar-refractivity contribution in [2.24, 2.45) is 11.7 Å². The molecule has 2 fully saturated rings. The van der Waals surface area contributed by atoms with E-state index in [1.165, 1.54) is 11.3 Å². The number of amides is 3. The van der Waals surface area contributed by atoms with E-state index >= 15 is 0 Å². The van der Waals surface area contributed by atoms with Gasteiger partial charge in [-0.15, -0.1) is 11.3 Å². The second kappa shape index (κ2) is 6.66. The number of hydrogen-bond acceptors (Lipinski definition) is 5. The zero-order chi connectivity index (χ0) is 16.4. The van der Waals surface area contributed by atoms with Gasteiger partial charge in [0.25, 0.3) is 0 Å². The van der Waals surface area contributed by atoms with Crippen molar-refractivity contribution in [1.29, 1.82) is 0 Å². The van der Waals surface area contributed by atoms with Crippen LogP contribution in [-0.4, -0.2) is 40.2 Å². The van der Waals surface area contributed by atoms with Crippen molar-refractivity contribution >= 4 is 34.2 Å². The van der Waals surface area contributed by atoms with Gasteiger partial charge in [0, 0.05) is 24.4 Å². The monoisotopic (exact) mass is 336 g/mol. The molecule has 1 aromatic rings. The van der Waals surface area contributed by atoms with Gasteiger partial charge in [0.15, 0.2) is 5.13 Å². The highest BCUT2D eigenvalue weighted by atomic mass is 32.1. The number of rotatable bonds is 5. The summed E-state index contributed by atoms with van der Waals surface area (Å²) in [7, 11) is 0. The van der Waals surface area contributed by atoms with Gasteiger partial charge >= 0.3 is 0 Å². The second-order valence-electron chi connectivity index (χ2n) is 6.16. The van der Waals surface area contributed by atoms with Crippen LogP contribution in [0.4, 0.5) is 5.13 Å². The second-order valence-corrected chi connectivity index (χ2v) is 7.02. The Hall–Kier alpha value is -1.96. The number of carbonyl (C=O) groups is 3. The third-order valence-corrected chi connectivity index (χ3v) is 5.24. The molecule has 3 N–H and O–H groups in total. The van der Waals surface area contributed by atoms with Crippen LogP contribution in [0.5, 0.6) is 0 Å². The molecule has 124 valence electrons. The molecule has 3 rings (SSSR count). The Balaban J connectivity index is 1.57. The minimum absolute atomic E-state index is 0.0593. The van der Waals surface area contributed by atoms with E-state index in [1.54, 1.807) is 5.38 Å². The molecule has 7 nitrogen and oxygen atoms in total. The fourth-order valence-electron chi connectivity index (χ4n) is 3.31. The number of anilines is 1. The zero-order valence-corrected chi connectivity index (χ0v) is 13.6. The zero-order valence-electron chi connectivity index (χ0n) is 12.8. The first-order chi connectivity index (χ1) is 11.0. The van der Waals surface area contributed by atoms with E-state index in [2.05, 4.69) is 10.3 Å². The number of nitrogens with one attached hydrogen (secondary N) is 1. The lowest BCUT2D eigenvalue weighted by Crippen LogP contribution is -2.35. The highest BCUT2D eigenvalue weighted by Crippen LogP contribution is 2.30. The van der Waals surface area contributed by atoms with Crippen molar-refractivity contribution < 1.29 is 14.4 Å². The Labute approximate surface area is 138 Å². The van der Waals surface area contributed by atoms with E-state index in [-0.39, 0.29) is 30.6 Å². The van der Waals surface area contributed by atoms with E-state index < -0.39 is 5.91 Å². The fourth-order valence-corrected chi connectivity index (χ4v) is 4.02. The molecule has 1 atom stereocenters. The lowest BCUT2D eigenvalue weighted by molar-refractivity contribution is -0.130. The number of primary amides is 1. The van der Waals surface area contributed by atoms with E-state index in [0.717, 1.165) is 25.7 Å². The van der Waals surface area contributed by atoms with Crippen LogP contribution in [0.1, 0.15) is 37.8 Å². The molecule has 1 aromatic heterocycles. The van der Waals surface area contributed by atoms with Gasteiger partial charge in [-0.25, -0.2) is 4.98 Å². The quantitative estimate of drug-likeness (QED) is 0.833. The summed E-state index contributed by atoms with van der Waals surface area (Å²) in [4.78, 5) is 41.4. The number of aromatic nitrogens is 1. The van der Waals surface area contributed by atoms with E-state index in [0.29, 0.717) is 23.4 Å². The van der Waals surface area contributed by atoms with E-state index in [4.69, 9.17) is 5.73 Å². The molecule has 0 bridgehead atoms. The molecule has 0 spiro atoms. The molecule has 0 aromatic carbocycles. The van der Waals surface area contributed by atoms with Crippen LogP contribution in [0, 0.1) is 5.92 Å². The average Bonchev–Trinajstić information content (AvgIpc) is 3.19. The first kappa shape index (κ1) is 15.9. The van der Waals surface area contributed by atoms with Crippen molar-refractivity contribution in [1.82, 2.24) is 9.88 Å². The summed E-state index contributed by atoms with van der Waals surface area (Å²) in [5, 5.41) is 4.89. The molecule has 2 heterocycles. The smallest absolute Gasteiger partial charge is 0.231 e. The maximum absolute atomic E-state index is 12.3.